The molecular formula is C17H14ClN5. The fourth-order valence-electron chi connectivity index (χ4n) is 2.87. The van der Waals surface area contributed by atoms with Crippen molar-refractivity contribution in [2.45, 2.75) is 6.92 Å². The molecule has 0 bridgehead atoms. The predicted molar refractivity (Wildman–Crippen MR) is 94.5 cm³/mol. The molecule has 4 N–H and O–H groups in total. The van der Waals surface area contributed by atoms with Crippen LogP contribution in [0, 0.1) is 6.92 Å². The summed E-state index contributed by atoms with van der Waals surface area (Å²) in [5, 5.41) is 0.650. The van der Waals surface area contributed by atoms with Gasteiger partial charge in [0.2, 0.25) is 0 Å². The number of hydrogen-bond donors (Lipinski definition) is 2. The molecule has 0 aliphatic heterocycles. The first-order valence-corrected chi connectivity index (χ1v) is 7.51. The van der Waals surface area contributed by atoms with Crippen molar-refractivity contribution in [3.05, 3.63) is 53.2 Å². The van der Waals surface area contributed by atoms with E-state index in [1.54, 1.807) is 12.3 Å². The molecule has 4 aromatic rings. The number of imidazole rings is 1. The van der Waals surface area contributed by atoms with Crippen LogP contribution < -0.4 is 11.5 Å². The van der Waals surface area contributed by atoms with E-state index in [-0.39, 0.29) is 0 Å². The van der Waals surface area contributed by atoms with Crippen LogP contribution in [-0.4, -0.2) is 14.4 Å². The molecule has 0 amide bonds. The molecule has 0 saturated carbocycles. The van der Waals surface area contributed by atoms with E-state index in [2.05, 4.69) is 9.97 Å². The Balaban J connectivity index is 2.19. The lowest BCUT2D eigenvalue weighted by Crippen LogP contribution is -2.01. The summed E-state index contributed by atoms with van der Waals surface area (Å²) >= 11 is 6.42. The lowest BCUT2D eigenvalue weighted by molar-refractivity contribution is 1.19. The monoisotopic (exact) mass is 323 g/mol. The zero-order valence-electron chi connectivity index (χ0n) is 12.4. The van der Waals surface area contributed by atoms with Gasteiger partial charge >= 0.3 is 0 Å². The molecule has 0 spiro atoms. The van der Waals surface area contributed by atoms with E-state index >= 15 is 0 Å². The molecule has 0 atom stereocenters. The second-order valence-corrected chi connectivity index (χ2v) is 5.89. The number of anilines is 2. The average molecular weight is 324 g/mol. The van der Waals surface area contributed by atoms with Crippen molar-refractivity contribution in [2.24, 2.45) is 0 Å². The molecule has 2 aromatic carbocycles. The summed E-state index contributed by atoms with van der Waals surface area (Å²) in [6, 6.07) is 11.3. The fraction of sp³-hybridized carbons (Fsp3) is 0.0588. The minimum absolute atomic E-state index is 0.409. The number of aryl methyl sites for hydroxylation is 1. The number of fused-ring (bicyclic) bond motifs is 3. The Hall–Kier alpha value is -2.79. The maximum Gasteiger partial charge on any atom is 0.150 e. The van der Waals surface area contributed by atoms with Crippen LogP contribution >= 0.6 is 11.6 Å². The van der Waals surface area contributed by atoms with Crippen molar-refractivity contribution in [3.63, 3.8) is 0 Å². The Morgan fingerprint density at radius 3 is 2.70 bits per heavy atom. The van der Waals surface area contributed by atoms with Gasteiger partial charge < -0.3 is 11.5 Å². The first-order valence-electron chi connectivity index (χ1n) is 7.14. The highest BCUT2D eigenvalue weighted by atomic mass is 35.5. The van der Waals surface area contributed by atoms with Gasteiger partial charge in [-0.3, -0.25) is 4.40 Å². The van der Waals surface area contributed by atoms with Gasteiger partial charge in [-0.05, 0) is 36.8 Å². The number of halogens is 1. The maximum absolute atomic E-state index is 6.42. The van der Waals surface area contributed by atoms with Gasteiger partial charge in [-0.2, -0.15) is 0 Å². The summed E-state index contributed by atoms with van der Waals surface area (Å²) in [5.74, 6) is 1.15. The molecule has 0 saturated heterocycles. The summed E-state index contributed by atoms with van der Waals surface area (Å²) in [6.07, 6.45) is 1.72. The third kappa shape index (κ3) is 2.01. The van der Waals surface area contributed by atoms with Crippen LogP contribution in [0.15, 0.2) is 42.6 Å². The topological polar surface area (TPSA) is 82.2 Å². The van der Waals surface area contributed by atoms with Crippen molar-refractivity contribution < 1.29 is 0 Å². The van der Waals surface area contributed by atoms with Crippen molar-refractivity contribution in [2.75, 3.05) is 11.5 Å². The number of nitrogen functional groups attached to an aromatic ring is 2. The van der Waals surface area contributed by atoms with Crippen LogP contribution in [0.2, 0.25) is 5.02 Å². The zero-order chi connectivity index (χ0) is 16.1. The zero-order valence-corrected chi connectivity index (χ0v) is 13.2. The molecule has 0 aliphatic carbocycles. The molecule has 2 aromatic heterocycles. The van der Waals surface area contributed by atoms with E-state index in [4.69, 9.17) is 23.1 Å². The fourth-order valence-corrected chi connectivity index (χ4v) is 3.18. The lowest BCUT2D eigenvalue weighted by Gasteiger charge is -2.11. The quantitative estimate of drug-likeness (QED) is 0.523. The van der Waals surface area contributed by atoms with Crippen molar-refractivity contribution in [1.29, 1.82) is 0 Å². The number of aromatic nitrogens is 3. The van der Waals surface area contributed by atoms with Gasteiger partial charge in [-0.25, -0.2) is 9.97 Å². The Kier molecular flexibility index (Phi) is 2.92. The highest BCUT2D eigenvalue weighted by Crippen LogP contribution is 2.33. The summed E-state index contributed by atoms with van der Waals surface area (Å²) < 4.78 is 1.98. The second kappa shape index (κ2) is 4.86. The Morgan fingerprint density at radius 2 is 1.91 bits per heavy atom. The van der Waals surface area contributed by atoms with Crippen LogP contribution in [-0.2, 0) is 0 Å². The molecule has 23 heavy (non-hydrogen) atoms. The highest BCUT2D eigenvalue weighted by Gasteiger charge is 2.16. The van der Waals surface area contributed by atoms with Crippen LogP contribution in [0.5, 0.6) is 0 Å². The molecule has 0 radical (unpaired) electrons. The van der Waals surface area contributed by atoms with E-state index in [0.717, 1.165) is 33.5 Å². The molecule has 6 heteroatoms. The first kappa shape index (κ1) is 13.8. The lowest BCUT2D eigenvalue weighted by atomic mass is 10.1. The molecular weight excluding hydrogens is 310 g/mol. The molecule has 114 valence electrons. The van der Waals surface area contributed by atoms with Crippen LogP contribution in [0.1, 0.15) is 5.56 Å². The Labute approximate surface area is 137 Å². The summed E-state index contributed by atoms with van der Waals surface area (Å²) in [7, 11) is 0. The highest BCUT2D eigenvalue weighted by molar-refractivity contribution is 6.33. The number of nitrogens with two attached hydrogens (primary N) is 2. The standard InChI is InChI=1S/C17H14ClN5/c1-9-3-2-4-11(18)15(9)17-21-8-14-16(20)22-12-7-10(19)5-6-13(12)23(14)17/h2-8H,19H2,1H3,(H2,20,22). The molecule has 4 rings (SSSR count). The van der Waals surface area contributed by atoms with Crippen molar-refractivity contribution >= 4 is 39.7 Å². The SMILES string of the molecule is Cc1cccc(Cl)c1-c1ncc2c(N)nc3cc(N)ccc3n12. The van der Waals surface area contributed by atoms with Gasteiger partial charge in [0.1, 0.15) is 17.2 Å². The van der Waals surface area contributed by atoms with Gasteiger partial charge in [0, 0.05) is 11.3 Å². The minimum atomic E-state index is 0.409. The van der Waals surface area contributed by atoms with E-state index < -0.39 is 0 Å². The van der Waals surface area contributed by atoms with E-state index in [1.165, 1.54) is 0 Å². The largest absolute Gasteiger partial charge is 0.399 e. The maximum atomic E-state index is 6.42. The smallest absolute Gasteiger partial charge is 0.150 e. The van der Waals surface area contributed by atoms with Crippen LogP contribution in [0.25, 0.3) is 27.9 Å². The number of rotatable bonds is 1. The van der Waals surface area contributed by atoms with Crippen molar-refractivity contribution in [1.82, 2.24) is 14.4 Å². The Morgan fingerprint density at radius 1 is 1.09 bits per heavy atom. The summed E-state index contributed by atoms with van der Waals surface area (Å²) in [4.78, 5) is 8.97. The van der Waals surface area contributed by atoms with E-state index in [1.807, 2.05) is 41.7 Å². The number of nitrogens with zero attached hydrogens (tertiary/aromatic N) is 3. The minimum Gasteiger partial charge on any atom is -0.399 e. The first-order chi connectivity index (χ1) is 11.1. The third-order valence-electron chi connectivity index (χ3n) is 3.95. The molecule has 2 heterocycles. The summed E-state index contributed by atoms with van der Waals surface area (Å²) in [6.45, 7) is 2.01. The number of benzene rings is 2. The van der Waals surface area contributed by atoms with E-state index in [0.29, 0.717) is 16.5 Å². The average Bonchev–Trinajstić information content (AvgIpc) is 2.92. The van der Waals surface area contributed by atoms with Crippen molar-refractivity contribution in [3.8, 4) is 11.4 Å². The summed E-state index contributed by atoms with van der Waals surface area (Å²) in [5.41, 5.74) is 16.9. The third-order valence-corrected chi connectivity index (χ3v) is 4.27. The van der Waals surface area contributed by atoms with Gasteiger partial charge in [-0.15, -0.1) is 0 Å². The van der Waals surface area contributed by atoms with E-state index in [9.17, 15) is 0 Å². The van der Waals surface area contributed by atoms with Gasteiger partial charge in [0.15, 0.2) is 0 Å². The molecule has 0 unspecified atom stereocenters. The van der Waals surface area contributed by atoms with Gasteiger partial charge in [0.25, 0.3) is 0 Å². The predicted octanol–water partition coefficient (Wildman–Crippen LogP) is 3.68. The molecule has 0 fully saturated rings. The van der Waals surface area contributed by atoms with Gasteiger partial charge in [0.05, 0.1) is 22.3 Å². The molecule has 0 aliphatic rings. The second-order valence-electron chi connectivity index (χ2n) is 5.48. The van der Waals surface area contributed by atoms with Gasteiger partial charge in [-0.1, -0.05) is 23.7 Å². The van der Waals surface area contributed by atoms with Crippen LogP contribution in [0.3, 0.4) is 0 Å². The van der Waals surface area contributed by atoms with Crippen LogP contribution in [0.4, 0.5) is 11.5 Å². The normalized spacial score (nSPS) is 11.4. The number of hydrogen-bond acceptors (Lipinski definition) is 4. The molecule has 5 nitrogen and oxygen atoms in total. The Bertz CT molecular complexity index is 1050.